The second-order valence-corrected chi connectivity index (χ2v) is 7.41. The van der Waals surface area contributed by atoms with E-state index in [-0.39, 0.29) is 24.0 Å². The fourth-order valence-corrected chi connectivity index (χ4v) is 3.63. The molecule has 30 heavy (non-hydrogen) atoms. The van der Waals surface area contributed by atoms with E-state index in [1.165, 1.54) is 11.3 Å². The van der Waals surface area contributed by atoms with Gasteiger partial charge in [-0.15, -0.1) is 24.0 Å². The molecule has 3 rings (SSSR count). The number of nitrogens with zero attached hydrogens (tertiary/aromatic N) is 2. The van der Waals surface area contributed by atoms with E-state index in [0.29, 0.717) is 19.3 Å². The van der Waals surface area contributed by atoms with Crippen molar-refractivity contribution < 1.29 is 14.2 Å². The quantitative estimate of drug-likeness (QED) is 0.209. The molecule has 0 bridgehead atoms. The highest BCUT2D eigenvalue weighted by atomic mass is 127. The second-order valence-electron chi connectivity index (χ2n) is 7.41. The van der Waals surface area contributed by atoms with Crippen LogP contribution in [0.2, 0.25) is 0 Å². The Balaban J connectivity index is 0.00000320. The van der Waals surface area contributed by atoms with E-state index in [9.17, 15) is 0 Å². The van der Waals surface area contributed by atoms with Crippen molar-refractivity contribution in [2.45, 2.75) is 38.8 Å². The number of anilines is 1. The number of hydrogen-bond acceptors (Lipinski definition) is 5. The lowest BCUT2D eigenvalue weighted by molar-refractivity contribution is 0.0168. The molecule has 0 saturated carbocycles. The first-order chi connectivity index (χ1) is 14.4. The van der Waals surface area contributed by atoms with Gasteiger partial charge in [-0.3, -0.25) is 0 Å². The fourth-order valence-electron chi connectivity index (χ4n) is 3.63. The minimum Gasteiger partial charge on any atom is -0.379 e. The summed E-state index contributed by atoms with van der Waals surface area (Å²) in [5.41, 5.74) is 2.50. The zero-order valence-corrected chi connectivity index (χ0v) is 20.4. The number of ether oxygens (including phenoxy) is 3. The van der Waals surface area contributed by atoms with E-state index in [2.05, 4.69) is 46.7 Å². The van der Waals surface area contributed by atoms with Gasteiger partial charge in [0.1, 0.15) is 0 Å². The van der Waals surface area contributed by atoms with Crippen LogP contribution in [0, 0.1) is 0 Å². The summed E-state index contributed by atoms with van der Waals surface area (Å²) in [6.45, 7) is 10.2. The number of para-hydroxylation sites is 1. The third kappa shape index (κ3) is 8.56. The summed E-state index contributed by atoms with van der Waals surface area (Å²) in [5, 5.41) is 6.74. The topological polar surface area (TPSA) is 67.4 Å². The van der Waals surface area contributed by atoms with Gasteiger partial charge in [0.25, 0.3) is 0 Å². The van der Waals surface area contributed by atoms with Gasteiger partial charge in [0.15, 0.2) is 5.96 Å². The van der Waals surface area contributed by atoms with Crippen molar-refractivity contribution in [2.24, 2.45) is 4.99 Å². The Morgan fingerprint density at radius 2 is 2.03 bits per heavy atom. The third-order valence-corrected chi connectivity index (χ3v) is 5.18. The van der Waals surface area contributed by atoms with Crippen molar-refractivity contribution in [1.82, 2.24) is 10.6 Å². The van der Waals surface area contributed by atoms with Gasteiger partial charge in [-0.25, -0.2) is 4.99 Å². The molecule has 2 fully saturated rings. The van der Waals surface area contributed by atoms with Crippen molar-refractivity contribution in [3.63, 3.8) is 0 Å². The molecular formula is C22H37IN4O3. The van der Waals surface area contributed by atoms with Crippen molar-refractivity contribution in [3.8, 4) is 0 Å². The number of aliphatic imine (C=N–C) groups is 1. The van der Waals surface area contributed by atoms with Crippen LogP contribution < -0.4 is 15.5 Å². The van der Waals surface area contributed by atoms with Gasteiger partial charge in [-0.2, -0.15) is 0 Å². The number of halogens is 1. The molecule has 1 atom stereocenters. The van der Waals surface area contributed by atoms with Crippen LogP contribution in [0.4, 0.5) is 5.69 Å². The molecule has 2 saturated heterocycles. The lowest BCUT2D eigenvalue weighted by Gasteiger charge is -2.30. The molecule has 0 spiro atoms. The standard InChI is InChI=1S/C22H36N4O3.HI/c1-2-23-22(24-10-6-13-28-18-20-8-5-14-29-20)25-17-19-7-3-4-9-21(19)26-11-15-27-16-12-26;/h3-4,7,9,20H,2,5-6,8,10-18H2,1H3,(H2,23,24,25);1H. The zero-order valence-electron chi connectivity index (χ0n) is 18.1. The van der Waals surface area contributed by atoms with Crippen LogP contribution in [0.15, 0.2) is 29.3 Å². The van der Waals surface area contributed by atoms with Crippen molar-refractivity contribution in [1.29, 1.82) is 0 Å². The van der Waals surface area contributed by atoms with E-state index >= 15 is 0 Å². The Morgan fingerprint density at radius 3 is 2.80 bits per heavy atom. The summed E-state index contributed by atoms with van der Waals surface area (Å²) in [4.78, 5) is 7.18. The maximum absolute atomic E-state index is 5.73. The first-order valence-electron chi connectivity index (χ1n) is 11.0. The van der Waals surface area contributed by atoms with E-state index in [4.69, 9.17) is 19.2 Å². The highest BCUT2D eigenvalue weighted by Gasteiger charge is 2.15. The molecule has 8 heteroatoms. The fraction of sp³-hybridized carbons (Fsp3) is 0.682. The predicted molar refractivity (Wildman–Crippen MR) is 132 cm³/mol. The summed E-state index contributed by atoms with van der Waals surface area (Å²) in [7, 11) is 0. The molecule has 2 aliphatic heterocycles. The maximum atomic E-state index is 5.73. The number of hydrogen-bond donors (Lipinski definition) is 2. The molecule has 1 unspecified atom stereocenters. The van der Waals surface area contributed by atoms with E-state index < -0.39 is 0 Å². The molecule has 0 aromatic heterocycles. The van der Waals surface area contributed by atoms with Crippen molar-refractivity contribution >= 4 is 35.6 Å². The maximum Gasteiger partial charge on any atom is 0.191 e. The molecule has 0 aliphatic carbocycles. The minimum absolute atomic E-state index is 0. The molecule has 0 radical (unpaired) electrons. The zero-order chi connectivity index (χ0) is 20.2. The minimum atomic E-state index is 0. The summed E-state index contributed by atoms with van der Waals surface area (Å²) in [6, 6.07) is 8.53. The van der Waals surface area contributed by atoms with Gasteiger partial charge in [-0.05, 0) is 37.8 Å². The average Bonchev–Trinajstić information content (AvgIpc) is 3.29. The van der Waals surface area contributed by atoms with Crippen LogP contribution in [-0.4, -0.2) is 71.3 Å². The third-order valence-electron chi connectivity index (χ3n) is 5.18. The number of rotatable bonds is 10. The lowest BCUT2D eigenvalue weighted by Crippen LogP contribution is -2.38. The Bertz CT molecular complexity index is 620. The summed E-state index contributed by atoms with van der Waals surface area (Å²) in [6.07, 6.45) is 3.53. The van der Waals surface area contributed by atoms with Gasteiger partial charge in [0.05, 0.1) is 32.5 Å². The summed E-state index contributed by atoms with van der Waals surface area (Å²) >= 11 is 0. The van der Waals surface area contributed by atoms with Crippen molar-refractivity contribution in [3.05, 3.63) is 29.8 Å². The van der Waals surface area contributed by atoms with Crippen LogP contribution in [0.5, 0.6) is 0 Å². The van der Waals surface area contributed by atoms with Crippen LogP contribution in [0.1, 0.15) is 31.7 Å². The normalized spacial score (nSPS) is 19.4. The number of morpholine rings is 1. The molecule has 2 aliphatic rings. The number of nitrogens with one attached hydrogen (secondary N) is 2. The number of guanidine groups is 1. The monoisotopic (exact) mass is 532 g/mol. The van der Waals surface area contributed by atoms with E-state index in [0.717, 1.165) is 77.8 Å². The number of benzene rings is 1. The van der Waals surface area contributed by atoms with Crippen molar-refractivity contribution in [2.75, 3.05) is 64.1 Å². The molecule has 1 aromatic carbocycles. The van der Waals surface area contributed by atoms with Gasteiger partial charge in [0, 0.05) is 45.1 Å². The van der Waals surface area contributed by atoms with Crippen LogP contribution in [0.3, 0.4) is 0 Å². The van der Waals surface area contributed by atoms with Crippen LogP contribution in [-0.2, 0) is 20.8 Å². The average molecular weight is 532 g/mol. The first kappa shape index (κ1) is 25.2. The molecule has 2 N–H and O–H groups in total. The molecule has 170 valence electrons. The van der Waals surface area contributed by atoms with Gasteiger partial charge in [0.2, 0.25) is 0 Å². The lowest BCUT2D eigenvalue weighted by atomic mass is 10.1. The molecule has 7 nitrogen and oxygen atoms in total. The summed E-state index contributed by atoms with van der Waals surface area (Å²) in [5.74, 6) is 0.850. The Kier molecular flexibility index (Phi) is 12.4. The molecule has 1 aromatic rings. The second kappa shape index (κ2) is 14.8. The molecule has 2 heterocycles. The van der Waals surface area contributed by atoms with Gasteiger partial charge < -0.3 is 29.7 Å². The summed E-state index contributed by atoms with van der Waals surface area (Å²) < 4.78 is 16.8. The van der Waals surface area contributed by atoms with E-state index in [1.807, 2.05) is 0 Å². The highest BCUT2D eigenvalue weighted by molar-refractivity contribution is 14.0. The SMILES string of the molecule is CCNC(=NCc1ccccc1N1CCOCC1)NCCCOCC1CCCO1.I. The smallest absolute Gasteiger partial charge is 0.191 e. The Labute approximate surface area is 197 Å². The predicted octanol–water partition coefficient (Wildman–Crippen LogP) is 2.78. The molecule has 0 amide bonds. The Morgan fingerprint density at radius 1 is 1.20 bits per heavy atom. The van der Waals surface area contributed by atoms with Gasteiger partial charge >= 0.3 is 0 Å². The van der Waals surface area contributed by atoms with Crippen LogP contribution >= 0.6 is 24.0 Å². The first-order valence-corrected chi connectivity index (χ1v) is 11.0. The Hall–Kier alpha value is -1.10. The van der Waals surface area contributed by atoms with E-state index in [1.54, 1.807) is 0 Å². The van der Waals surface area contributed by atoms with Crippen LogP contribution in [0.25, 0.3) is 0 Å². The largest absolute Gasteiger partial charge is 0.379 e. The van der Waals surface area contributed by atoms with Gasteiger partial charge in [-0.1, -0.05) is 18.2 Å². The highest BCUT2D eigenvalue weighted by Crippen LogP contribution is 2.22. The molecular weight excluding hydrogens is 495 g/mol.